The van der Waals surface area contributed by atoms with Crippen molar-refractivity contribution >= 4 is 28.6 Å². The summed E-state index contributed by atoms with van der Waals surface area (Å²) in [5.41, 5.74) is 6.85. The molecule has 25 heavy (non-hydrogen) atoms. The third-order valence-electron chi connectivity index (χ3n) is 4.21. The minimum Gasteiger partial charge on any atom is -0.394 e. The lowest BCUT2D eigenvalue weighted by atomic mass is 9.96. The van der Waals surface area contributed by atoms with E-state index in [4.69, 9.17) is 5.73 Å². The van der Waals surface area contributed by atoms with Crippen LogP contribution in [-0.2, 0) is 0 Å². The Kier molecular flexibility index (Phi) is 5.89. The number of anilines is 2. The molecule has 136 valence electrons. The summed E-state index contributed by atoms with van der Waals surface area (Å²) in [6.07, 6.45) is 4.33. The quantitative estimate of drug-likeness (QED) is 0.630. The molecule has 0 spiro atoms. The standard InChI is InChI=1S/C18H27N5O2/c1-5-6-7-18(4,10-24)23-16-14-13(21-17(19)22-16)8-12(9-20-14)15(25)11(2)3/h8-9,11,24H,5-7,10H2,1-4H3,(H3,19,21,22,23)/t18-/m1/s1. The molecule has 0 unspecified atom stereocenters. The Labute approximate surface area is 148 Å². The fraction of sp³-hybridized carbons (Fsp3) is 0.556. The number of carbonyl (C=O) groups excluding carboxylic acids is 1. The maximum atomic E-state index is 12.2. The van der Waals surface area contributed by atoms with E-state index in [-0.39, 0.29) is 24.3 Å². The third-order valence-corrected chi connectivity index (χ3v) is 4.21. The zero-order valence-corrected chi connectivity index (χ0v) is 15.3. The Bertz CT molecular complexity index is 762. The maximum absolute atomic E-state index is 12.2. The molecule has 0 radical (unpaired) electrons. The molecule has 4 N–H and O–H groups in total. The first-order valence-corrected chi connectivity index (χ1v) is 8.66. The van der Waals surface area contributed by atoms with Crippen LogP contribution < -0.4 is 11.1 Å². The molecule has 2 heterocycles. The van der Waals surface area contributed by atoms with Gasteiger partial charge in [0.2, 0.25) is 5.95 Å². The number of unbranched alkanes of at least 4 members (excludes halogenated alkanes) is 1. The Balaban J connectivity index is 2.45. The number of nitrogens with one attached hydrogen (secondary N) is 1. The topological polar surface area (TPSA) is 114 Å². The summed E-state index contributed by atoms with van der Waals surface area (Å²) in [5.74, 6) is 0.451. The highest BCUT2D eigenvalue weighted by atomic mass is 16.3. The number of hydrogen-bond acceptors (Lipinski definition) is 7. The number of pyridine rings is 1. The predicted molar refractivity (Wildman–Crippen MR) is 99.6 cm³/mol. The molecule has 2 aromatic rings. The Morgan fingerprint density at radius 1 is 1.40 bits per heavy atom. The molecule has 0 saturated carbocycles. The first kappa shape index (κ1) is 19.1. The summed E-state index contributed by atoms with van der Waals surface area (Å²) in [7, 11) is 0. The summed E-state index contributed by atoms with van der Waals surface area (Å²) in [4.78, 5) is 25.0. The maximum Gasteiger partial charge on any atom is 0.222 e. The van der Waals surface area contributed by atoms with E-state index < -0.39 is 5.54 Å². The number of aromatic nitrogens is 3. The van der Waals surface area contributed by atoms with Crippen molar-refractivity contribution in [1.29, 1.82) is 0 Å². The van der Waals surface area contributed by atoms with Crippen molar-refractivity contribution in [3.05, 3.63) is 17.8 Å². The van der Waals surface area contributed by atoms with Crippen molar-refractivity contribution in [3.63, 3.8) is 0 Å². The van der Waals surface area contributed by atoms with Crippen molar-refractivity contribution in [2.24, 2.45) is 5.92 Å². The van der Waals surface area contributed by atoms with Crippen LogP contribution in [0.15, 0.2) is 12.3 Å². The van der Waals surface area contributed by atoms with E-state index in [0.29, 0.717) is 22.4 Å². The molecule has 7 nitrogen and oxygen atoms in total. The number of nitrogens with zero attached hydrogens (tertiary/aromatic N) is 3. The largest absolute Gasteiger partial charge is 0.394 e. The van der Waals surface area contributed by atoms with Crippen molar-refractivity contribution in [3.8, 4) is 0 Å². The van der Waals surface area contributed by atoms with Crippen molar-refractivity contribution < 1.29 is 9.90 Å². The monoisotopic (exact) mass is 345 g/mol. The van der Waals surface area contributed by atoms with Crippen LogP contribution in [0, 0.1) is 5.92 Å². The molecular weight excluding hydrogens is 318 g/mol. The van der Waals surface area contributed by atoms with Gasteiger partial charge in [-0.2, -0.15) is 4.98 Å². The molecule has 7 heteroatoms. The van der Waals surface area contributed by atoms with Crippen molar-refractivity contribution in [1.82, 2.24) is 15.0 Å². The van der Waals surface area contributed by atoms with Crippen LogP contribution in [0.3, 0.4) is 0 Å². The number of aliphatic hydroxyl groups excluding tert-OH is 1. The average Bonchev–Trinajstić information content (AvgIpc) is 2.58. The molecule has 2 aromatic heterocycles. The number of Topliss-reactive ketones (excluding diaryl/α,β-unsaturated/α-hetero) is 1. The summed E-state index contributed by atoms with van der Waals surface area (Å²) in [5, 5.41) is 13.1. The van der Waals surface area contributed by atoms with Gasteiger partial charge >= 0.3 is 0 Å². The molecule has 0 fully saturated rings. The van der Waals surface area contributed by atoms with Gasteiger partial charge in [0.05, 0.1) is 17.7 Å². The molecule has 0 aliphatic rings. The van der Waals surface area contributed by atoms with Crippen LogP contribution in [0.1, 0.15) is 57.3 Å². The third kappa shape index (κ3) is 4.42. The van der Waals surface area contributed by atoms with Gasteiger partial charge in [-0.15, -0.1) is 0 Å². The van der Waals surface area contributed by atoms with E-state index in [0.717, 1.165) is 19.3 Å². The van der Waals surface area contributed by atoms with Crippen LogP contribution in [0.25, 0.3) is 11.0 Å². The summed E-state index contributed by atoms with van der Waals surface area (Å²) >= 11 is 0. The number of hydrogen-bond donors (Lipinski definition) is 3. The number of nitrogen functional groups attached to an aromatic ring is 1. The summed E-state index contributed by atoms with van der Waals surface area (Å²) in [6.45, 7) is 7.68. The van der Waals surface area contributed by atoms with Gasteiger partial charge in [0.1, 0.15) is 5.52 Å². The number of rotatable bonds is 8. The van der Waals surface area contributed by atoms with E-state index in [9.17, 15) is 9.90 Å². The van der Waals surface area contributed by atoms with E-state index in [2.05, 4.69) is 27.2 Å². The van der Waals surface area contributed by atoms with E-state index in [1.54, 1.807) is 6.07 Å². The summed E-state index contributed by atoms with van der Waals surface area (Å²) < 4.78 is 0. The first-order chi connectivity index (χ1) is 11.8. The van der Waals surface area contributed by atoms with E-state index >= 15 is 0 Å². The lowest BCUT2D eigenvalue weighted by Crippen LogP contribution is -2.39. The van der Waals surface area contributed by atoms with E-state index in [1.165, 1.54) is 6.20 Å². The van der Waals surface area contributed by atoms with Gasteiger partial charge in [0.25, 0.3) is 0 Å². The minimum absolute atomic E-state index is 0.00392. The van der Waals surface area contributed by atoms with Gasteiger partial charge in [-0.05, 0) is 19.4 Å². The SMILES string of the molecule is CCCC[C@](C)(CO)Nc1nc(N)nc2cc(C(=O)C(C)C)cnc12. The van der Waals surface area contributed by atoms with Crippen LogP contribution in [-0.4, -0.2) is 38.0 Å². The van der Waals surface area contributed by atoms with Crippen LogP contribution in [0.5, 0.6) is 0 Å². The normalized spacial score (nSPS) is 13.8. The number of nitrogens with two attached hydrogens (primary N) is 1. The molecule has 0 aromatic carbocycles. The summed E-state index contributed by atoms with van der Waals surface area (Å²) in [6, 6.07) is 1.69. The predicted octanol–water partition coefficient (Wildman–Crippen LogP) is 2.80. The fourth-order valence-corrected chi connectivity index (χ4v) is 2.63. The van der Waals surface area contributed by atoms with Crippen LogP contribution in [0.4, 0.5) is 11.8 Å². The Morgan fingerprint density at radius 2 is 2.12 bits per heavy atom. The molecule has 0 bridgehead atoms. The average molecular weight is 345 g/mol. The van der Waals surface area contributed by atoms with Gasteiger partial charge in [0.15, 0.2) is 11.6 Å². The zero-order chi connectivity index (χ0) is 18.6. The number of carbonyl (C=O) groups is 1. The second-order valence-electron chi connectivity index (χ2n) is 6.99. The lowest BCUT2D eigenvalue weighted by Gasteiger charge is -2.29. The fourth-order valence-electron chi connectivity index (χ4n) is 2.63. The first-order valence-electron chi connectivity index (χ1n) is 8.66. The van der Waals surface area contributed by atoms with Gasteiger partial charge in [-0.3, -0.25) is 4.79 Å². The molecular formula is C18H27N5O2. The lowest BCUT2D eigenvalue weighted by molar-refractivity contribution is 0.0939. The van der Waals surface area contributed by atoms with Crippen molar-refractivity contribution in [2.45, 2.75) is 52.5 Å². The zero-order valence-electron chi connectivity index (χ0n) is 15.3. The molecule has 0 aliphatic carbocycles. The highest BCUT2D eigenvalue weighted by Crippen LogP contribution is 2.26. The smallest absolute Gasteiger partial charge is 0.222 e. The Morgan fingerprint density at radius 3 is 2.72 bits per heavy atom. The molecule has 0 amide bonds. The highest BCUT2D eigenvalue weighted by molar-refractivity contribution is 6.00. The molecule has 1 atom stereocenters. The van der Waals surface area contributed by atoms with Gasteiger partial charge in [-0.1, -0.05) is 33.6 Å². The number of fused-ring (bicyclic) bond motifs is 1. The van der Waals surface area contributed by atoms with Gasteiger partial charge < -0.3 is 16.2 Å². The van der Waals surface area contributed by atoms with Gasteiger partial charge in [0, 0.05) is 17.7 Å². The second kappa shape index (κ2) is 7.74. The molecule has 0 saturated heterocycles. The van der Waals surface area contributed by atoms with Crippen molar-refractivity contribution in [2.75, 3.05) is 17.7 Å². The minimum atomic E-state index is -0.530. The molecule has 2 rings (SSSR count). The highest BCUT2D eigenvalue weighted by Gasteiger charge is 2.25. The number of ketones is 1. The van der Waals surface area contributed by atoms with E-state index in [1.807, 2.05) is 20.8 Å². The number of aliphatic hydroxyl groups is 1. The Hall–Kier alpha value is -2.28. The second-order valence-corrected chi connectivity index (χ2v) is 6.99. The van der Waals surface area contributed by atoms with Crippen LogP contribution in [0.2, 0.25) is 0 Å². The van der Waals surface area contributed by atoms with Gasteiger partial charge in [-0.25, -0.2) is 9.97 Å². The van der Waals surface area contributed by atoms with Crippen LogP contribution >= 0.6 is 0 Å². The molecule has 0 aliphatic heterocycles.